The summed E-state index contributed by atoms with van der Waals surface area (Å²) in [6.45, 7) is -4.97. The van der Waals surface area contributed by atoms with Gasteiger partial charge in [-0.15, -0.1) is 0 Å². The Morgan fingerprint density at radius 3 is 0.970 bits per heavy atom. The maximum Gasteiger partial charge on any atom is 0.217 e. The summed E-state index contributed by atoms with van der Waals surface area (Å²) in [4.78, 5) is 50.8. The third-order valence-corrected chi connectivity index (χ3v) is 18.3. The Hall–Kier alpha value is -3.60. The molecular formula is C56H94N4O41. The van der Waals surface area contributed by atoms with Gasteiger partial charge in [-0.1, -0.05) is 0 Å². The van der Waals surface area contributed by atoms with E-state index in [1.165, 1.54) is 0 Å². The molecule has 8 heterocycles. The number of amides is 4. The molecule has 45 nitrogen and oxygen atoms in total. The number of aliphatic hydroxyl groups excluding tert-OH is 22. The van der Waals surface area contributed by atoms with Crippen LogP contribution in [0.5, 0.6) is 0 Å². The lowest BCUT2D eigenvalue weighted by atomic mass is 9.93. The number of ether oxygens (including phenoxy) is 15. The van der Waals surface area contributed by atoms with Gasteiger partial charge in [0, 0.05) is 27.7 Å². The average Bonchev–Trinajstić information content (AvgIpc) is 0.765. The van der Waals surface area contributed by atoms with Crippen molar-refractivity contribution in [2.45, 2.75) is 273 Å². The van der Waals surface area contributed by atoms with Crippen molar-refractivity contribution >= 4 is 23.6 Å². The second kappa shape index (κ2) is 36.3. The molecule has 0 aliphatic carbocycles. The molecule has 1 unspecified atom stereocenters. The van der Waals surface area contributed by atoms with Crippen LogP contribution in [0.15, 0.2) is 0 Å². The van der Waals surface area contributed by atoms with Gasteiger partial charge in [-0.05, 0) is 0 Å². The fraction of sp³-hybridized carbons (Fsp3) is 0.929. The van der Waals surface area contributed by atoms with Crippen molar-refractivity contribution in [3.05, 3.63) is 0 Å². The zero-order valence-corrected chi connectivity index (χ0v) is 54.3. The summed E-state index contributed by atoms with van der Waals surface area (Å²) in [5.74, 6) is -3.61. The molecule has 8 fully saturated rings. The summed E-state index contributed by atoms with van der Waals surface area (Å²) in [5.41, 5.74) is 0. The second-order valence-electron chi connectivity index (χ2n) is 25.4. The third kappa shape index (κ3) is 18.5. The first kappa shape index (κ1) is 83.0. The Morgan fingerprint density at radius 1 is 0.257 bits per heavy atom. The van der Waals surface area contributed by atoms with Crippen LogP contribution >= 0.6 is 0 Å². The molecule has 0 saturated carbocycles. The van der Waals surface area contributed by atoms with Crippen LogP contribution in [0.2, 0.25) is 0 Å². The smallest absolute Gasteiger partial charge is 0.217 e. The van der Waals surface area contributed by atoms with Gasteiger partial charge in [-0.2, -0.15) is 0 Å². The van der Waals surface area contributed by atoms with Crippen LogP contribution in [-0.4, -0.2) is 434 Å². The highest BCUT2D eigenvalue weighted by atomic mass is 16.8. The van der Waals surface area contributed by atoms with E-state index in [-0.39, 0.29) is 0 Å². The fourth-order valence-electron chi connectivity index (χ4n) is 13.0. The van der Waals surface area contributed by atoms with Gasteiger partial charge >= 0.3 is 0 Å². The van der Waals surface area contributed by atoms with E-state index >= 15 is 0 Å². The minimum Gasteiger partial charge on any atom is -0.394 e. The molecule has 4 amide bonds. The Balaban J connectivity index is 1.24. The lowest BCUT2D eigenvalue weighted by molar-refractivity contribution is -0.407. The van der Waals surface area contributed by atoms with Crippen molar-refractivity contribution < 1.29 is 203 Å². The van der Waals surface area contributed by atoms with E-state index in [9.17, 15) is 132 Å². The fourth-order valence-corrected chi connectivity index (χ4v) is 13.0. The average molecular weight is 1480 g/mol. The summed E-state index contributed by atoms with van der Waals surface area (Å²) in [7, 11) is 0. The highest BCUT2D eigenvalue weighted by Crippen LogP contribution is 2.40. The first-order valence-corrected chi connectivity index (χ1v) is 32.1. The molecule has 8 aliphatic heterocycles. The van der Waals surface area contributed by atoms with E-state index in [4.69, 9.17) is 71.1 Å². The summed E-state index contributed by atoms with van der Waals surface area (Å²) in [6.07, 6.45) is -75.7. The predicted octanol–water partition coefficient (Wildman–Crippen LogP) is -17.9. The maximum absolute atomic E-state index is 13.0. The lowest BCUT2D eigenvalue weighted by Crippen LogP contribution is -2.71. The highest BCUT2D eigenvalue weighted by molar-refractivity contribution is 5.74. The number of rotatable bonds is 26. The molecular weight excluding hydrogens is 1380 g/mol. The molecule has 0 aromatic rings. The van der Waals surface area contributed by atoms with Gasteiger partial charge in [0.1, 0.15) is 195 Å². The van der Waals surface area contributed by atoms with E-state index in [1.54, 1.807) is 0 Å². The van der Waals surface area contributed by atoms with Crippen molar-refractivity contribution in [1.29, 1.82) is 0 Å². The Morgan fingerprint density at radius 2 is 0.545 bits per heavy atom. The SMILES string of the molecule is CC(=O)N[C@H]1[C@H](O[C@H]2[C@H](O[C@H]3O[C@H](CO)[C@@H](O)[C@H](O)[C@@H]3O[C@@H]3O[C@H](CO)[C@@H](O[C@@H]4O[C@H](CO)[C@H](O)[C@H](O)[C@H]4O)[C@H](O)[C@H]3NC(C)=O)[C@H](O)[C@H](O[C@H]3[C@H](O)[C@@H](NC(C)=O)C(O)O[C@@H]3CO)O[C@@H]2CO[C@H]2O[C@H](CO)[C@@H](O)[C@H](O)[C@@H]2O[C@@H]2O[C@H](CO)[C@@H](O)[C@H](O)[C@H]2NC(C)=O)O[C@H](CO)[C@@H](O)[C@H]1O. The molecule has 0 bridgehead atoms. The van der Waals surface area contributed by atoms with Crippen LogP contribution in [0.25, 0.3) is 0 Å². The van der Waals surface area contributed by atoms with Crippen LogP contribution < -0.4 is 21.3 Å². The molecule has 8 aliphatic rings. The monoisotopic (exact) mass is 1480 g/mol. The first-order valence-electron chi connectivity index (χ1n) is 32.1. The van der Waals surface area contributed by atoms with E-state index in [0.29, 0.717) is 0 Å². The van der Waals surface area contributed by atoms with E-state index in [1.807, 2.05) is 0 Å². The molecule has 26 N–H and O–H groups in total. The molecule has 584 valence electrons. The molecule has 8 saturated heterocycles. The van der Waals surface area contributed by atoms with Crippen LogP contribution in [0, 0.1) is 0 Å². The number of hydrogen-bond acceptors (Lipinski definition) is 41. The lowest BCUT2D eigenvalue weighted by Gasteiger charge is -2.52. The molecule has 40 atom stereocenters. The van der Waals surface area contributed by atoms with Gasteiger partial charge in [-0.25, -0.2) is 0 Å². The molecule has 8 rings (SSSR count). The van der Waals surface area contributed by atoms with Gasteiger partial charge in [-0.3, -0.25) is 19.2 Å². The first-order chi connectivity index (χ1) is 47.8. The zero-order chi connectivity index (χ0) is 74.5. The molecule has 0 aromatic heterocycles. The van der Waals surface area contributed by atoms with E-state index in [0.717, 1.165) is 27.7 Å². The van der Waals surface area contributed by atoms with E-state index < -0.39 is 322 Å². The van der Waals surface area contributed by atoms with Crippen molar-refractivity contribution in [3.8, 4) is 0 Å². The van der Waals surface area contributed by atoms with E-state index in [2.05, 4.69) is 21.3 Å². The van der Waals surface area contributed by atoms with Gasteiger partial charge in [0.05, 0.1) is 52.9 Å². The molecule has 45 heteroatoms. The standard InChI is InChI=1S/C56H94N4O41/c1-13(68)57-25-36(79)43(22(10-66)88-49(25)86)97-54-42(85)46(99-56-48(40(83)33(76)21(9-65)93-56)101-52-28(60-16(4)71)37(80)44(23(11-67)94-52)96-53-41(84)38(81)31(74)19(7-63)91-53)45(98-50-26(58-14(2)69)34(77)29(72)17(5-61)89-50)24(95-54)12-87-55-47(39(82)32(75)20(8-64)92-55)100-51-27(59-15(3)70)35(78)30(73)18(6-62)90-51/h17-56,61-67,72-86H,5-12H2,1-4H3,(H,57,68)(H,58,69)(H,59,70)(H,60,71)/t17-,18-,19-,20-,21-,22-,23-,24-,25-,26-,27-,28-,29-,30-,31+,32-,33-,34+,35-,36-,37-,38+,39+,40+,41-,42+,43-,44-,45-,46-,47+,48+,49?,50+,51+,52+,53+,54+,55+,56-/m1/s1. The van der Waals surface area contributed by atoms with Gasteiger partial charge in [0.25, 0.3) is 0 Å². The maximum atomic E-state index is 13.0. The summed E-state index contributed by atoms with van der Waals surface area (Å²) >= 11 is 0. The third-order valence-electron chi connectivity index (χ3n) is 18.3. The van der Waals surface area contributed by atoms with Crippen molar-refractivity contribution in [3.63, 3.8) is 0 Å². The topological polar surface area (TPSA) is 700 Å². The Bertz CT molecular complexity index is 2640. The van der Waals surface area contributed by atoms with Gasteiger partial charge in [0.15, 0.2) is 50.3 Å². The summed E-state index contributed by atoms with van der Waals surface area (Å²) < 4.78 is 90.4. The summed E-state index contributed by atoms with van der Waals surface area (Å²) in [6, 6.07) is -7.44. The van der Waals surface area contributed by atoms with Crippen LogP contribution in [-0.2, 0) is 90.2 Å². The number of carbonyl (C=O) groups excluding carboxylic acids is 4. The second-order valence-corrected chi connectivity index (χ2v) is 25.4. The van der Waals surface area contributed by atoms with Gasteiger partial charge < -0.3 is 205 Å². The minimum atomic E-state index is -2.60. The Kier molecular flexibility index (Phi) is 29.9. The van der Waals surface area contributed by atoms with Crippen molar-refractivity contribution in [2.75, 3.05) is 52.9 Å². The van der Waals surface area contributed by atoms with Crippen molar-refractivity contribution in [1.82, 2.24) is 21.3 Å². The number of aliphatic hydroxyl groups is 22. The summed E-state index contributed by atoms with van der Waals surface area (Å²) in [5, 5.41) is 253. The highest BCUT2D eigenvalue weighted by Gasteiger charge is 2.61. The molecule has 101 heavy (non-hydrogen) atoms. The number of hydrogen-bond donors (Lipinski definition) is 26. The quantitative estimate of drug-likeness (QED) is 0.0382. The van der Waals surface area contributed by atoms with Gasteiger partial charge in [0.2, 0.25) is 23.6 Å². The predicted molar refractivity (Wildman–Crippen MR) is 311 cm³/mol. The van der Waals surface area contributed by atoms with Crippen LogP contribution in [0.1, 0.15) is 27.7 Å². The minimum absolute atomic E-state index is 0.851. The Labute approximate surface area is 572 Å². The largest absolute Gasteiger partial charge is 0.394 e. The normalized spacial score (nSPS) is 48.3. The molecule has 0 aromatic carbocycles. The van der Waals surface area contributed by atoms with Crippen LogP contribution in [0.3, 0.4) is 0 Å². The zero-order valence-electron chi connectivity index (χ0n) is 54.3. The van der Waals surface area contributed by atoms with Crippen LogP contribution in [0.4, 0.5) is 0 Å². The number of nitrogens with one attached hydrogen (secondary N) is 4. The molecule has 0 radical (unpaired) electrons. The molecule has 0 spiro atoms. The van der Waals surface area contributed by atoms with Crippen molar-refractivity contribution in [2.24, 2.45) is 0 Å². The number of carbonyl (C=O) groups is 4.